The molecule has 2 N–H and O–H groups in total. The molecule has 0 radical (unpaired) electrons. The number of nitrogens with zero attached hydrogens (tertiary/aromatic N) is 3. The van der Waals surface area contributed by atoms with Gasteiger partial charge in [0.1, 0.15) is 0 Å². The molecule has 11 nitrogen and oxygen atoms in total. The summed E-state index contributed by atoms with van der Waals surface area (Å²) in [4.78, 5) is 44.4. The van der Waals surface area contributed by atoms with E-state index >= 15 is 0 Å². The van der Waals surface area contributed by atoms with Crippen LogP contribution in [0.3, 0.4) is 0 Å². The summed E-state index contributed by atoms with van der Waals surface area (Å²) in [5.74, 6) is 0.412. The summed E-state index contributed by atoms with van der Waals surface area (Å²) >= 11 is 0. The molecule has 2 atom stereocenters. The lowest BCUT2D eigenvalue weighted by Gasteiger charge is -2.42. The van der Waals surface area contributed by atoms with Crippen LogP contribution < -0.4 is 20.1 Å². The zero-order valence-electron chi connectivity index (χ0n) is 22.6. The summed E-state index contributed by atoms with van der Waals surface area (Å²) in [6.45, 7) is 8.68. The Kier molecular flexibility index (Phi) is 9.62. The number of carbonyl (C=O) groups is 3. The minimum atomic E-state index is -0.790. The van der Waals surface area contributed by atoms with Gasteiger partial charge in [0.05, 0.1) is 32.4 Å². The van der Waals surface area contributed by atoms with Gasteiger partial charge in [-0.05, 0) is 26.3 Å². The van der Waals surface area contributed by atoms with Crippen molar-refractivity contribution < 1.29 is 28.6 Å². The van der Waals surface area contributed by atoms with Gasteiger partial charge in [0.25, 0.3) is 0 Å². The molecule has 0 spiro atoms. The number of para-hydroxylation sites is 1. The molecule has 0 aromatic heterocycles. The Morgan fingerprint density at radius 2 is 1.92 bits per heavy atom. The van der Waals surface area contributed by atoms with Crippen LogP contribution in [-0.4, -0.2) is 99.4 Å². The number of amides is 4. The number of urea groups is 2. The van der Waals surface area contributed by atoms with Gasteiger partial charge in [0, 0.05) is 57.1 Å². The fraction of sp³-hybridized carbons (Fsp3) is 0.577. The third-order valence-corrected chi connectivity index (χ3v) is 6.69. The molecule has 1 aromatic rings. The second-order valence-electron chi connectivity index (χ2n) is 9.11. The predicted molar refractivity (Wildman–Crippen MR) is 139 cm³/mol. The number of carbonyl (C=O) groups excluding carboxylic acids is 3. The molecule has 1 fully saturated rings. The third kappa shape index (κ3) is 6.10. The summed E-state index contributed by atoms with van der Waals surface area (Å²) in [6.07, 6.45) is 0.874. The van der Waals surface area contributed by atoms with Crippen LogP contribution in [0.4, 0.5) is 9.59 Å². The number of rotatable bonds is 9. The molecule has 3 rings (SSSR count). The lowest BCUT2D eigenvalue weighted by molar-refractivity contribution is -0.139. The molecule has 0 aliphatic carbocycles. The molecule has 1 saturated heterocycles. The summed E-state index contributed by atoms with van der Waals surface area (Å²) in [6, 6.07) is 4.10. The van der Waals surface area contributed by atoms with Gasteiger partial charge in [-0.2, -0.15) is 0 Å². The maximum absolute atomic E-state index is 13.3. The predicted octanol–water partition coefficient (Wildman–Crippen LogP) is 2.34. The highest BCUT2D eigenvalue weighted by atomic mass is 16.5. The van der Waals surface area contributed by atoms with Crippen LogP contribution in [0.15, 0.2) is 29.5 Å². The van der Waals surface area contributed by atoms with E-state index < -0.39 is 12.0 Å². The quantitative estimate of drug-likeness (QED) is 0.484. The first-order valence-electron chi connectivity index (χ1n) is 12.7. The molecule has 1 aromatic carbocycles. The van der Waals surface area contributed by atoms with E-state index in [1.54, 1.807) is 32.2 Å². The fourth-order valence-corrected chi connectivity index (χ4v) is 4.79. The van der Waals surface area contributed by atoms with E-state index in [2.05, 4.69) is 15.5 Å². The normalized spacial score (nSPS) is 20.4. The Hall–Kier alpha value is -3.47. The van der Waals surface area contributed by atoms with Gasteiger partial charge >= 0.3 is 18.0 Å². The fourth-order valence-electron chi connectivity index (χ4n) is 4.79. The molecule has 0 bridgehead atoms. The largest absolute Gasteiger partial charge is 0.493 e. The van der Waals surface area contributed by atoms with E-state index in [4.69, 9.17) is 14.2 Å². The molecule has 0 unspecified atom stereocenters. The zero-order chi connectivity index (χ0) is 27.1. The molecular weight excluding hydrogens is 478 g/mol. The smallest absolute Gasteiger partial charge is 0.338 e. The van der Waals surface area contributed by atoms with Gasteiger partial charge in [-0.15, -0.1) is 0 Å². The lowest BCUT2D eigenvalue weighted by Crippen LogP contribution is -2.58. The average Bonchev–Trinajstić information content (AvgIpc) is 2.89. The molecule has 11 heteroatoms. The highest BCUT2D eigenvalue weighted by Gasteiger charge is 2.40. The first-order chi connectivity index (χ1) is 17.8. The van der Waals surface area contributed by atoms with Crippen molar-refractivity contribution in [3.8, 4) is 11.5 Å². The van der Waals surface area contributed by atoms with E-state index in [1.165, 1.54) is 19.1 Å². The molecule has 4 amide bonds. The Labute approximate surface area is 218 Å². The molecule has 0 saturated carbocycles. The van der Waals surface area contributed by atoms with Crippen LogP contribution in [0.1, 0.15) is 38.8 Å². The van der Waals surface area contributed by atoms with E-state index in [0.29, 0.717) is 61.1 Å². The number of likely N-dealkylation sites (N-methyl/N-ethyl adjacent to an activating group) is 1. The van der Waals surface area contributed by atoms with Gasteiger partial charge in [0.15, 0.2) is 11.5 Å². The van der Waals surface area contributed by atoms with Crippen molar-refractivity contribution in [1.29, 1.82) is 0 Å². The monoisotopic (exact) mass is 517 g/mol. The van der Waals surface area contributed by atoms with Gasteiger partial charge in [-0.25, -0.2) is 14.4 Å². The van der Waals surface area contributed by atoms with Gasteiger partial charge in [0.2, 0.25) is 0 Å². The minimum Gasteiger partial charge on any atom is -0.493 e. The average molecular weight is 518 g/mol. The van der Waals surface area contributed by atoms with Gasteiger partial charge in [-0.1, -0.05) is 19.1 Å². The first kappa shape index (κ1) is 28.1. The number of hydrogen-bond acceptors (Lipinski definition) is 7. The standard InChI is InChI=1S/C26H39N5O6/c1-7-12-27-25(33)31-14-13-30(15-17(31)3)16-19-21(24(32)37-8-2)22(28-26(34)29(19)4)18-10-9-11-20(35-5)23(18)36-6/h9-11,17,22H,7-8,12-16H2,1-6H3,(H,27,33)(H,28,34)/t17-,22-/m1/s1. The van der Waals surface area contributed by atoms with Crippen LogP contribution in [0, 0.1) is 0 Å². The van der Waals surface area contributed by atoms with Crippen LogP contribution in [0.2, 0.25) is 0 Å². The van der Waals surface area contributed by atoms with Crippen molar-refractivity contribution in [1.82, 2.24) is 25.3 Å². The number of ether oxygens (including phenoxy) is 3. The number of methoxy groups -OCH3 is 2. The number of nitrogens with one attached hydrogen (secondary N) is 2. The van der Waals surface area contributed by atoms with Gasteiger partial charge < -0.3 is 29.7 Å². The number of hydrogen-bond donors (Lipinski definition) is 2. The Bertz CT molecular complexity index is 1030. The second kappa shape index (κ2) is 12.7. The number of benzene rings is 1. The van der Waals surface area contributed by atoms with Gasteiger partial charge in [-0.3, -0.25) is 9.80 Å². The summed E-state index contributed by atoms with van der Waals surface area (Å²) in [7, 11) is 4.69. The topological polar surface area (TPSA) is 113 Å². The van der Waals surface area contributed by atoms with E-state index in [9.17, 15) is 14.4 Å². The SMILES string of the molecule is CCCNC(=O)N1CCN(CC2=C(C(=O)OCC)[C@@H](c3cccc(OC)c3OC)NC(=O)N2C)C[C@H]1C. The molecule has 2 aliphatic heterocycles. The number of piperazine rings is 1. The summed E-state index contributed by atoms with van der Waals surface area (Å²) < 4.78 is 16.5. The van der Waals surface area contributed by atoms with Crippen LogP contribution in [0.5, 0.6) is 11.5 Å². The van der Waals surface area contributed by atoms with Crippen molar-refractivity contribution in [2.24, 2.45) is 0 Å². The van der Waals surface area contributed by atoms with E-state index in [-0.39, 0.29) is 24.7 Å². The highest BCUT2D eigenvalue weighted by molar-refractivity contribution is 5.95. The Morgan fingerprint density at radius 3 is 2.54 bits per heavy atom. The molecular formula is C26H39N5O6. The van der Waals surface area contributed by atoms with Crippen molar-refractivity contribution in [2.45, 2.75) is 39.3 Å². The highest BCUT2D eigenvalue weighted by Crippen LogP contribution is 2.40. The maximum atomic E-state index is 13.3. The Balaban J connectivity index is 1.97. The molecule has 2 heterocycles. The van der Waals surface area contributed by atoms with Crippen molar-refractivity contribution >= 4 is 18.0 Å². The maximum Gasteiger partial charge on any atom is 0.338 e. The minimum absolute atomic E-state index is 0.0331. The third-order valence-electron chi connectivity index (χ3n) is 6.69. The zero-order valence-corrected chi connectivity index (χ0v) is 22.6. The molecule has 37 heavy (non-hydrogen) atoms. The van der Waals surface area contributed by atoms with Crippen LogP contribution >= 0.6 is 0 Å². The molecule has 204 valence electrons. The lowest BCUT2D eigenvalue weighted by atomic mass is 9.93. The van der Waals surface area contributed by atoms with Crippen LogP contribution in [0.25, 0.3) is 0 Å². The first-order valence-corrected chi connectivity index (χ1v) is 12.7. The number of esters is 1. The second-order valence-corrected chi connectivity index (χ2v) is 9.11. The van der Waals surface area contributed by atoms with Crippen molar-refractivity contribution in [3.05, 3.63) is 35.0 Å². The van der Waals surface area contributed by atoms with E-state index in [0.717, 1.165) is 6.42 Å². The van der Waals surface area contributed by atoms with Crippen LogP contribution in [-0.2, 0) is 9.53 Å². The Morgan fingerprint density at radius 1 is 1.16 bits per heavy atom. The summed E-state index contributed by atoms with van der Waals surface area (Å²) in [5, 5.41) is 5.86. The molecule has 2 aliphatic rings. The summed E-state index contributed by atoms with van der Waals surface area (Å²) in [5.41, 5.74) is 1.48. The van der Waals surface area contributed by atoms with E-state index in [1.807, 2.05) is 18.7 Å². The van der Waals surface area contributed by atoms with Crippen molar-refractivity contribution in [3.63, 3.8) is 0 Å². The van der Waals surface area contributed by atoms with Crippen molar-refractivity contribution in [2.75, 3.05) is 60.6 Å².